The molecule has 0 aliphatic heterocycles. The first-order chi connectivity index (χ1) is 9.10. The number of halogens is 1. The molecule has 0 bridgehead atoms. The van der Waals surface area contributed by atoms with Crippen LogP contribution in [0.15, 0.2) is 29.4 Å². The lowest BCUT2D eigenvalue weighted by atomic mass is 10.2. The van der Waals surface area contributed by atoms with Gasteiger partial charge in [0.05, 0.1) is 25.0 Å². The maximum atomic E-state index is 11.5. The van der Waals surface area contributed by atoms with Crippen LogP contribution in [0.25, 0.3) is 0 Å². The van der Waals surface area contributed by atoms with Crippen molar-refractivity contribution >= 4 is 34.4 Å². The average molecular weight is 285 g/mol. The van der Waals surface area contributed by atoms with Gasteiger partial charge in [0.15, 0.2) is 0 Å². The summed E-state index contributed by atoms with van der Waals surface area (Å²) in [6.07, 6.45) is 0. The molecule has 0 fully saturated rings. The van der Waals surface area contributed by atoms with Gasteiger partial charge in [-0.05, 0) is 19.1 Å². The van der Waals surface area contributed by atoms with Crippen molar-refractivity contribution in [2.75, 3.05) is 19.1 Å². The number of esters is 2. The topological polar surface area (TPSA) is 77.0 Å². The van der Waals surface area contributed by atoms with Crippen LogP contribution in [0.2, 0.25) is 0 Å². The highest BCUT2D eigenvalue weighted by Crippen LogP contribution is 2.16. The predicted molar refractivity (Wildman–Crippen MR) is 71.3 cm³/mol. The standard InChI is InChI=1S/C12H13ClN2O4/c1-3-19-12(17)10(13)15-14-9-7-5-4-6-8(9)11(16)18-2/h4-7,14H,3H2,1-2H3. The van der Waals surface area contributed by atoms with Crippen LogP contribution in [0.4, 0.5) is 5.69 Å². The molecule has 0 aliphatic rings. The van der Waals surface area contributed by atoms with Gasteiger partial charge in [0.25, 0.3) is 0 Å². The second kappa shape index (κ2) is 7.38. The summed E-state index contributed by atoms with van der Waals surface area (Å²) in [5, 5.41) is 3.28. The molecular weight excluding hydrogens is 272 g/mol. The number of carbonyl (C=O) groups is 2. The number of nitrogens with one attached hydrogen (secondary N) is 1. The summed E-state index contributed by atoms with van der Waals surface area (Å²) >= 11 is 5.62. The molecule has 0 spiro atoms. The Morgan fingerprint density at radius 1 is 1.37 bits per heavy atom. The first-order valence-corrected chi connectivity index (χ1v) is 5.81. The van der Waals surface area contributed by atoms with Crippen LogP contribution >= 0.6 is 11.6 Å². The van der Waals surface area contributed by atoms with Gasteiger partial charge in [-0.2, -0.15) is 5.10 Å². The van der Waals surface area contributed by atoms with Gasteiger partial charge < -0.3 is 9.47 Å². The summed E-state index contributed by atoms with van der Waals surface area (Å²) in [5.74, 6) is -1.27. The van der Waals surface area contributed by atoms with Crippen molar-refractivity contribution in [2.45, 2.75) is 6.92 Å². The van der Waals surface area contributed by atoms with Crippen molar-refractivity contribution in [2.24, 2.45) is 5.10 Å². The van der Waals surface area contributed by atoms with E-state index in [0.717, 1.165) is 0 Å². The first-order valence-electron chi connectivity index (χ1n) is 5.43. The monoisotopic (exact) mass is 284 g/mol. The van der Waals surface area contributed by atoms with Gasteiger partial charge >= 0.3 is 11.9 Å². The normalized spacial score (nSPS) is 10.8. The Morgan fingerprint density at radius 2 is 2.05 bits per heavy atom. The SMILES string of the molecule is CCOC(=O)C(Cl)=NNc1ccccc1C(=O)OC. The van der Waals surface area contributed by atoms with E-state index in [1.807, 2.05) is 0 Å². The van der Waals surface area contributed by atoms with Gasteiger partial charge in [-0.25, -0.2) is 9.59 Å². The van der Waals surface area contributed by atoms with E-state index in [4.69, 9.17) is 11.6 Å². The number of hydrogen-bond donors (Lipinski definition) is 1. The Labute approximate surface area is 115 Å². The van der Waals surface area contributed by atoms with E-state index in [2.05, 4.69) is 20.0 Å². The summed E-state index contributed by atoms with van der Waals surface area (Å²) in [4.78, 5) is 22.7. The molecule has 0 saturated carbocycles. The molecule has 1 aromatic rings. The summed E-state index contributed by atoms with van der Waals surface area (Å²) in [6, 6.07) is 6.53. The van der Waals surface area contributed by atoms with E-state index in [9.17, 15) is 9.59 Å². The van der Waals surface area contributed by atoms with Crippen molar-refractivity contribution < 1.29 is 19.1 Å². The van der Waals surface area contributed by atoms with E-state index in [1.54, 1.807) is 31.2 Å². The van der Waals surface area contributed by atoms with Gasteiger partial charge in [-0.15, -0.1) is 0 Å². The molecule has 0 unspecified atom stereocenters. The van der Waals surface area contributed by atoms with E-state index in [-0.39, 0.29) is 17.3 Å². The lowest BCUT2D eigenvalue weighted by Crippen LogP contribution is -2.14. The van der Waals surface area contributed by atoms with Crippen LogP contribution in [-0.2, 0) is 14.3 Å². The number of ether oxygens (including phenoxy) is 2. The second-order valence-corrected chi connectivity index (χ2v) is 3.63. The molecule has 1 aromatic carbocycles. The first kappa shape index (κ1) is 15.0. The minimum Gasteiger partial charge on any atom is -0.465 e. The Bertz CT molecular complexity index is 502. The lowest BCUT2D eigenvalue weighted by Gasteiger charge is -2.06. The summed E-state index contributed by atoms with van der Waals surface area (Å²) in [6.45, 7) is 1.85. The fraction of sp³-hybridized carbons (Fsp3) is 0.250. The summed E-state index contributed by atoms with van der Waals surface area (Å²) < 4.78 is 9.28. The highest BCUT2D eigenvalue weighted by atomic mass is 35.5. The van der Waals surface area contributed by atoms with Gasteiger partial charge in [0.2, 0.25) is 5.17 Å². The number of para-hydroxylation sites is 1. The number of rotatable bonds is 5. The van der Waals surface area contributed by atoms with Crippen LogP contribution < -0.4 is 5.43 Å². The minimum absolute atomic E-state index is 0.198. The molecule has 19 heavy (non-hydrogen) atoms. The van der Waals surface area contributed by atoms with Crippen LogP contribution in [0.1, 0.15) is 17.3 Å². The number of methoxy groups -OCH3 is 1. The van der Waals surface area contributed by atoms with Gasteiger partial charge in [-0.1, -0.05) is 23.7 Å². The van der Waals surface area contributed by atoms with Gasteiger partial charge in [-0.3, -0.25) is 5.43 Å². The number of nitrogens with zero attached hydrogens (tertiary/aromatic N) is 1. The molecule has 0 saturated heterocycles. The van der Waals surface area contributed by atoms with Crippen LogP contribution in [0.5, 0.6) is 0 Å². The van der Waals surface area contributed by atoms with Gasteiger partial charge in [0.1, 0.15) is 0 Å². The lowest BCUT2D eigenvalue weighted by molar-refractivity contribution is -0.134. The Kier molecular flexibility index (Phi) is 5.81. The second-order valence-electron chi connectivity index (χ2n) is 3.27. The molecule has 0 atom stereocenters. The number of hydrazone groups is 1. The van der Waals surface area contributed by atoms with E-state index >= 15 is 0 Å². The largest absolute Gasteiger partial charge is 0.465 e. The highest BCUT2D eigenvalue weighted by Gasteiger charge is 2.12. The molecule has 0 heterocycles. The molecular formula is C12H13ClN2O4. The van der Waals surface area contributed by atoms with Crippen molar-refractivity contribution in [3.8, 4) is 0 Å². The summed E-state index contributed by atoms with van der Waals surface area (Å²) in [5.41, 5.74) is 3.17. The number of carbonyl (C=O) groups excluding carboxylic acids is 2. The molecule has 102 valence electrons. The maximum absolute atomic E-state index is 11.5. The Hall–Kier alpha value is -2.08. The molecule has 6 nitrogen and oxygen atoms in total. The average Bonchev–Trinajstić information content (AvgIpc) is 2.44. The van der Waals surface area contributed by atoms with Crippen LogP contribution in [0, 0.1) is 0 Å². The zero-order valence-corrected chi connectivity index (χ0v) is 11.2. The smallest absolute Gasteiger partial charge is 0.370 e. The maximum Gasteiger partial charge on any atom is 0.370 e. The number of anilines is 1. The Morgan fingerprint density at radius 3 is 2.68 bits per heavy atom. The minimum atomic E-state index is -0.743. The third-order valence-corrected chi connectivity index (χ3v) is 2.29. The van der Waals surface area contributed by atoms with Crippen LogP contribution in [-0.4, -0.2) is 30.8 Å². The summed E-state index contributed by atoms with van der Waals surface area (Å²) in [7, 11) is 1.27. The fourth-order valence-corrected chi connectivity index (χ4v) is 1.31. The van der Waals surface area contributed by atoms with Crippen molar-refractivity contribution in [1.29, 1.82) is 0 Å². The third kappa shape index (κ3) is 4.26. The van der Waals surface area contributed by atoms with E-state index in [1.165, 1.54) is 7.11 Å². The predicted octanol–water partition coefficient (Wildman–Crippen LogP) is 2.00. The zero-order chi connectivity index (χ0) is 14.3. The fourth-order valence-electron chi connectivity index (χ4n) is 1.21. The zero-order valence-electron chi connectivity index (χ0n) is 10.5. The molecule has 0 aromatic heterocycles. The van der Waals surface area contributed by atoms with Crippen LogP contribution in [0.3, 0.4) is 0 Å². The molecule has 1 rings (SSSR count). The number of hydrogen-bond acceptors (Lipinski definition) is 6. The molecule has 0 radical (unpaired) electrons. The number of benzene rings is 1. The van der Waals surface area contributed by atoms with Crippen molar-refractivity contribution in [1.82, 2.24) is 0 Å². The molecule has 1 N–H and O–H groups in total. The van der Waals surface area contributed by atoms with Crippen molar-refractivity contribution in [3.63, 3.8) is 0 Å². The van der Waals surface area contributed by atoms with E-state index < -0.39 is 11.9 Å². The quantitative estimate of drug-likeness (QED) is 0.508. The molecule has 0 aliphatic carbocycles. The molecule has 0 amide bonds. The van der Waals surface area contributed by atoms with Gasteiger partial charge in [0, 0.05) is 0 Å². The molecule has 7 heteroatoms. The Balaban J connectivity index is 2.86. The van der Waals surface area contributed by atoms with E-state index in [0.29, 0.717) is 5.69 Å². The van der Waals surface area contributed by atoms with Crippen molar-refractivity contribution in [3.05, 3.63) is 29.8 Å². The third-order valence-electron chi connectivity index (χ3n) is 2.05. The highest BCUT2D eigenvalue weighted by molar-refractivity contribution is 6.82.